The van der Waals surface area contributed by atoms with Gasteiger partial charge in [-0.2, -0.15) is 0 Å². The topological polar surface area (TPSA) is 65.5 Å². The molecule has 0 bridgehead atoms. The zero-order valence-corrected chi connectivity index (χ0v) is 18.6. The average molecular weight is 523 g/mol. The van der Waals surface area contributed by atoms with Gasteiger partial charge >= 0.3 is 0 Å². The van der Waals surface area contributed by atoms with Crippen molar-refractivity contribution in [3.63, 3.8) is 0 Å². The molecule has 0 aliphatic rings. The molecule has 3 N–H and O–H groups in total. The lowest BCUT2D eigenvalue weighted by Gasteiger charge is -2.13. The van der Waals surface area contributed by atoms with Crippen LogP contribution in [0.2, 0.25) is 5.02 Å². The SMILES string of the molecule is CN=C(NCCC(=O)Nc1ccc(C)cc1Cl)NCc1cc(F)ccc1F.I. The number of aryl methyl sites for hydroxylation is 1. The van der Waals surface area contributed by atoms with Gasteiger partial charge in [-0.25, -0.2) is 8.78 Å². The van der Waals surface area contributed by atoms with Crippen LogP contribution in [0.5, 0.6) is 0 Å². The average Bonchev–Trinajstić information content (AvgIpc) is 2.63. The molecule has 1 amide bonds. The Hall–Kier alpha value is -1.94. The summed E-state index contributed by atoms with van der Waals surface area (Å²) in [6, 6.07) is 8.63. The lowest BCUT2D eigenvalue weighted by Crippen LogP contribution is -2.38. The van der Waals surface area contributed by atoms with E-state index in [0.29, 0.717) is 23.2 Å². The van der Waals surface area contributed by atoms with Crippen LogP contribution in [0.4, 0.5) is 14.5 Å². The summed E-state index contributed by atoms with van der Waals surface area (Å²) in [5.41, 5.74) is 1.74. The third-order valence-electron chi connectivity index (χ3n) is 3.72. The first-order valence-corrected chi connectivity index (χ1v) is 8.71. The van der Waals surface area contributed by atoms with Crippen LogP contribution in [0.25, 0.3) is 0 Å². The maximum Gasteiger partial charge on any atom is 0.226 e. The third-order valence-corrected chi connectivity index (χ3v) is 4.03. The highest BCUT2D eigenvalue weighted by atomic mass is 127. The van der Waals surface area contributed by atoms with Gasteiger partial charge in [0.25, 0.3) is 0 Å². The van der Waals surface area contributed by atoms with Crippen molar-refractivity contribution in [2.75, 3.05) is 18.9 Å². The molecule has 152 valence electrons. The van der Waals surface area contributed by atoms with Gasteiger partial charge in [-0.3, -0.25) is 9.79 Å². The number of halogens is 4. The van der Waals surface area contributed by atoms with E-state index in [1.165, 1.54) is 0 Å². The molecule has 0 unspecified atom stereocenters. The maximum absolute atomic E-state index is 13.6. The number of hydrogen-bond acceptors (Lipinski definition) is 2. The predicted octanol–water partition coefficient (Wildman–Crippen LogP) is 4.24. The van der Waals surface area contributed by atoms with Crippen LogP contribution in [0.1, 0.15) is 17.5 Å². The number of carbonyl (C=O) groups is 1. The fourth-order valence-corrected chi connectivity index (χ4v) is 2.59. The number of amides is 1. The van der Waals surface area contributed by atoms with Crippen molar-refractivity contribution in [1.29, 1.82) is 0 Å². The Kier molecular flexibility index (Phi) is 10.2. The zero-order chi connectivity index (χ0) is 19.8. The van der Waals surface area contributed by atoms with Crippen molar-refractivity contribution < 1.29 is 13.6 Å². The lowest BCUT2D eigenvalue weighted by atomic mass is 10.2. The molecule has 5 nitrogen and oxygen atoms in total. The van der Waals surface area contributed by atoms with E-state index in [2.05, 4.69) is 20.9 Å². The van der Waals surface area contributed by atoms with Gasteiger partial charge in [0.05, 0.1) is 10.7 Å². The van der Waals surface area contributed by atoms with Crippen molar-refractivity contribution in [2.45, 2.75) is 19.9 Å². The largest absolute Gasteiger partial charge is 0.356 e. The second-order valence-corrected chi connectivity index (χ2v) is 6.28. The fourth-order valence-electron chi connectivity index (χ4n) is 2.31. The first-order chi connectivity index (χ1) is 12.9. The molecule has 2 rings (SSSR count). The van der Waals surface area contributed by atoms with E-state index in [0.717, 1.165) is 23.8 Å². The lowest BCUT2D eigenvalue weighted by molar-refractivity contribution is -0.116. The number of rotatable bonds is 6. The highest BCUT2D eigenvalue weighted by molar-refractivity contribution is 14.0. The molecular weight excluding hydrogens is 501 g/mol. The molecule has 0 saturated heterocycles. The number of nitrogens with zero attached hydrogens (tertiary/aromatic N) is 1. The van der Waals surface area contributed by atoms with Crippen LogP contribution >= 0.6 is 35.6 Å². The highest BCUT2D eigenvalue weighted by Gasteiger charge is 2.08. The van der Waals surface area contributed by atoms with Crippen molar-refractivity contribution in [1.82, 2.24) is 10.6 Å². The summed E-state index contributed by atoms with van der Waals surface area (Å²) in [5.74, 6) is -0.851. The molecule has 0 aliphatic carbocycles. The van der Waals surface area contributed by atoms with E-state index >= 15 is 0 Å². The Balaban J connectivity index is 0.00000392. The number of guanidine groups is 1. The van der Waals surface area contributed by atoms with Crippen LogP contribution in [-0.4, -0.2) is 25.5 Å². The molecule has 28 heavy (non-hydrogen) atoms. The van der Waals surface area contributed by atoms with E-state index < -0.39 is 11.6 Å². The number of nitrogens with one attached hydrogen (secondary N) is 3. The van der Waals surface area contributed by atoms with Crippen LogP contribution in [0.15, 0.2) is 41.4 Å². The Morgan fingerprint density at radius 3 is 2.57 bits per heavy atom. The smallest absolute Gasteiger partial charge is 0.226 e. The van der Waals surface area contributed by atoms with Gasteiger partial charge in [0.1, 0.15) is 11.6 Å². The van der Waals surface area contributed by atoms with Gasteiger partial charge in [-0.05, 0) is 42.8 Å². The van der Waals surface area contributed by atoms with Crippen LogP contribution < -0.4 is 16.0 Å². The van der Waals surface area contributed by atoms with Crippen molar-refractivity contribution >= 4 is 53.1 Å². The minimum atomic E-state index is -0.511. The second-order valence-electron chi connectivity index (χ2n) is 5.87. The molecule has 0 aliphatic heterocycles. The standard InChI is InChI=1S/C19H21ClF2N4O.HI/c1-12-3-6-17(15(20)9-12)26-18(27)7-8-24-19(23-2)25-11-13-10-14(21)4-5-16(13)22;/h3-6,9-10H,7-8,11H2,1-2H3,(H,26,27)(H2,23,24,25);1H. The number of aliphatic imine (C=N–C) groups is 1. The van der Waals surface area contributed by atoms with E-state index in [1.54, 1.807) is 19.2 Å². The van der Waals surface area contributed by atoms with Gasteiger partial charge in [-0.1, -0.05) is 17.7 Å². The normalized spacial score (nSPS) is 10.8. The summed E-state index contributed by atoms with van der Waals surface area (Å²) in [7, 11) is 1.55. The summed E-state index contributed by atoms with van der Waals surface area (Å²) < 4.78 is 26.8. The third kappa shape index (κ3) is 7.59. The molecule has 0 atom stereocenters. The quantitative estimate of drug-likeness (QED) is 0.302. The summed E-state index contributed by atoms with van der Waals surface area (Å²) in [6.07, 6.45) is 0.180. The highest BCUT2D eigenvalue weighted by Crippen LogP contribution is 2.22. The number of carbonyl (C=O) groups excluding carboxylic acids is 1. The molecule has 0 heterocycles. The van der Waals surface area contributed by atoms with E-state index in [-0.39, 0.29) is 48.4 Å². The molecule has 0 aromatic heterocycles. The van der Waals surface area contributed by atoms with Gasteiger partial charge in [0, 0.05) is 32.1 Å². The zero-order valence-electron chi connectivity index (χ0n) is 15.5. The number of hydrogen-bond donors (Lipinski definition) is 3. The molecule has 2 aromatic rings. The number of benzene rings is 2. The van der Waals surface area contributed by atoms with Gasteiger partial charge in [0.15, 0.2) is 5.96 Å². The molecule has 0 fully saturated rings. The molecule has 2 aromatic carbocycles. The predicted molar refractivity (Wildman–Crippen MR) is 119 cm³/mol. The maximum atomic E-state index is 13.6. The minimum absolute atomic E-state index is 0. The Labute approximate surface area is 185 Å². The monoisotopic (exact) mass is 522 g/mol. The van der Waals surface area contributed by atoms with Crippen LogP contribution in [-0.2, 0) is 11.3 Å². The Morgan fingerprint density at radius 1 is 1.14 bits per heavy atom. The van der Waals surface area contributed by atoms with Gasteiger partial charge < -0.3 is 16.0 Å². The summed E-state index contributed by atoms with van der Waals surface area (Å²) in [6.45, 7) is 2.28. The minimum Gasteiger partial charge on any atom is -0.356 e. The first-order valence-electron chi connectivity index (χ1n) is 8.33. The van der Waals surface area contributed by atoms with Crippen molar-refractivity contribution in [2.24, 2.45) is 4.99 Å². The van der Waals surface area contributed by atoms with E-state index in [1.807, 2.05) is 13.0 Å². The van der Waals surface area contributed by atoms with Crippen molar-refractivity contribution in [3.05, 3.63) is 64.2 Å². The molecule has 0 saturated carbocycles. The molecule has 0 spiro atoms. The summed E-state index contributed by atoms with van der Waals surface area (Å²) >= 11 is 6.09. The fraction of sp³-hybridized carbons (Fsp3) is 0.263. The number of anilines is 1. The Morgan fingerprint density at radius 2 is 1.89 bits per heavy atom. The molecule has 9 heteroatoms. The van der Waals surface area contributed by atoms with Gasteiger partial charge in [-0.15, -0.1) is 24.0 Å². The Bertz CT molecular complexity index is 849. The second kappa shape index (κ2) is 11.8. The van der Waals surface area contributed by atoms with Crippen LogP contribution in [0, 0.1) is 18.6 Å². The van der Waals surface area contributed by atoms with Crippen LogP contribution in [0.3, 0.4) is 0 Å². The van der Waals surface area contributed by atoms with Crippen molar-refractivity contribution in [3.8, 4) is 0 Å². The van der Waals surface area contributed by atoms with E-state index in [9.17, 15) is 13.6 Å². The first kappa shape index (κ1) is 24.1. The van der Waals surface area contributed by atoms with E-state index in [4.69, 9.17) is 11.6 Å². The molecule has 0 radical (unpaired) electrons. The van der Waals surface area contributed by atoms with Gasteiger partial charge in [0.2, 0.25) is 5.91 Å². The molecular formula is C19H22ClF2IN4O. The summed E-state index contributed by atoms with van der Waals surface area (Å²) in [4.78, 5) is 16.0. The summed E-state index contributed by atoms with van der Waals surface area (Å²) in [5, 5.41) is 9.03.